The third-order valence-electron chi connectivity index (χ3n) is 2.27. The number of amides is 1. The molecule has 0 aliphatic rings. The van der Waals surface area contributed by atoms with Crippen molar-refractivity contribution >= 4 is 5.91 Å². The van der Waals surface area contributed by atoms with Crippen LogP contribution < -0.4 is 10.6 Å². The van der Waals surface area contributed by atoms with E-state index in [1.54, 1.807) is 13.1 Å². The van der Waals surface area contributed by atoms with Gasteiger partial charge in [-0.2, -0.15) is 0 Å². The van der Waals surface area contributed by atoms with Gasteiger partial charge in [-0.05, 0) is 19.0 Å². The Morgan fingerprint density at radius 3 is 2.69 bits per heavy atom. The molecule has 1 aromatic rings. The lowest BCUT2D eigenvalue weighted by molar-refractivity contribution is -0.120. The van der Waals surface area contributed by atoms with Crippen LogP contribution in [0.15, 0.2) is 43.0 Å². The number of carbonyl (C=O) groups is 1. The monoisotopic (exact) mass is 218 g/mol. The first kappa shape index (κ1) is 12.5. The van der Waals surface area contributed by atoms with Crippen molar-refractivity contribution in [1.29, 1.82) is 0 Å². The zero-order valence-electron chi connectivity index (χ0n) is 9.57. The maximum atomic E-state index is 11.4. The summed E-state index contributed by atoms with van der Waals surface area (Å²) < 4.78 is 0. The van der Waals surface area contributed by atoms with Crippen LogP contribution in [0.2, 0.25) is 0 Å². The normalized spacial score (nSPS) is 11.8. The van der Waals surface area contributed by atoms with E-state index in [9.17, 15) is 4.79 Å². The predicted octanol–water partition coefficient (Wildman–Crippen LogP) is 1.12. The fraction of sp³-hybridized carbons (Fsp3) is 0.308. The molecule has 0 aliphatic heterocycles. The van der Waals surface area contributed by atoms with Crippen molar-refractivity contribution in [2.24, 2.45) is 0 Å². The Kier molecular flexibility index (Phi) is 5.29. The molecule has 0 spiro atoms. The number of hydrogen-bond donors (Lipinski definition) is 2. The summed E-state index contributed by atoms with van der Waals surface area (Å²) in [7, 11) is 1.75. The van der Waals surface area contributed by atoms with Crippen LogP contribution >= 0.6 is 0 Å². The first-order valence-corrected chi connectivity index (χ1v) is 5.36. The highest BCUT2D eigenvalue weighted by molar-refractivity contribution is 5.78. The van der Waals surface area contributed by atoms with Crippen LogP contribution in [0.1, 0.15) is 5.56 Å². The molecule has 2 N–H and O–H groups in total. The van der Waals surface area contributed by atoms with Gasteiger partial charge < -0.3 is 10.6 Å². The second kappa shape index (κ2) is 6.80. The third-order valence-corrected chi connectivity index (χ3v) is 2.27. The molecule has 1 atom stereocenters. The molecule has 0 bridgehead atoms. The van der Waals surface area contributed by atoms with Gasteiger partial charge in [0.2, 0.25) is 5.91 Å². The maximum Gasteiger partial charge on any atom is 0.234 e. The van der Waals surface area contributed by atoms with Crippen molar-refractivity contribution < 1.29 is 4.79 Å². The maximum absolute atomic E-state index is 11.4. The predicted molar refractivity (Wildman–Crippen MR) is 66.2 cm³/mol. The molecule has 0 fully saturated rings. The van der Waals surface area contributed by atoms with Crippen LogP contribution in [-0.4, -0.2) is 25.5 Å². The summed E-state index contributed by atoms with van der Waals surface area (Å²) in [5.74, 6) is -0.0108. The highest BCUT2D eigenvalue weighted by atomic mass is 16.1. The summed E-state index contributed by atoms with van der Waals surface area (Å²) in [6.07, 6.45) is 2.54. The summed E-state index contributed by atoms with van der Waals surface area (Å²) in [6, 6.07) is 10.0. The Balaban J connectivity index is 2.49. The molecule has 0 radical (unpaired) electrons. The quantitative estimate of drug-likeness (QED) is 0.702. The molecule has 1 amide bonds. The van der Waals surface area contributed by atoms with E-state index in [4.69, 9.17) is 0 Å². The van der Waals surface area contributed by atoms with Gasteiger partial charge in [0, 0.05) is 0 Å². The molecule has 3 nitrogen and oxygen atoms in total. The summed E-state index contributed by atoms with van der Waals surface area (Å²) in [4.78, 5) is 11.4. The van der Waals surface area contributed by atoms with E-state index < -0.39 is 0 Å². The topological polar surface area (TPSA) is 41.1 Å². The van der Waals surface area contributed by atoms with Crippen molar-refractivity contribution in [3.05, 3.63) is 48.6 Å². The van der Waals surface area contributed by atoms with Crippen molar-refractivity contribution in [1.82, 2.24) is 10.6 Å². The number of nitrogens with one attached hydrogen (secondary N) is 2. The van der Waals surface area contributed by atoms with Crippen molar-refractivity contribution in [3.8, 4) is 0 Å². The highest BCUT2D eigenvalue weighted by Gasteiger charge is 2.08. The molecular formula is C13H18N2O. The molecule has 86 valence electrons. The lowest BCUT2D eigenvalue weighted by Gasteiger charge is -2.14. The SMILES string of the molecule is C=CC(Cc1ccccc1)NC(=O)CNC. The molecule has 0 heterocycles. The lowest BCUT2D eigenvalue weighted by Crippen LogP contribution is -2.39. The molecule has 1 rings (SSSR count). The Bertz CT molecular complexity index is 335. The average molecular weight is 218 g/mol. The molecule has 0 aromatic heterocycles. The van der Waals surface area contributed by atoms with Crippen LogP contribution in [-0.2, 0) is 11.2 Å². The van der Waals surface area contributed by atoms with Crippen molar-refractivity contribution in [2.75, 3.05) is 13.6 Å². The van der Waals surface area contributed by atoms with Gasteiger partial charge in [-0.1, -0.05) is 36.4 Å². The minimum atomic E-state index is -0.0109. The fourth-order valence-electron chi connectivity index (χ4n) is 1.48. The zero-order chi connectivity index (χ0) is 11.8. The Labute approximate surface area is 96.6 Å². The highest BCUT2D eigenvalue weighted by Crippen LogP contribution is 2.03. The van der Waals surface area contributed by atoms with E-state index in [1.807, 2.05) is 30.3 Å². The molecule has 0 saturated heterocycles. The minimum Gasteiger partial charge on any atom is -0.348 e. The van der Waals surface area contributed by atoms with Crippen molar-refractivity contribution in [3.63, 3.8) is 0 Å². The van der Waals surface area contributed by atoms with Crippen LogP contribution in [0.25, 0.3) is 0 Å². The van der Waals surface area contributed by atoms with Crippen LogP contribution in [0.3, 0.4) is 0 Å². The van der Waals surface area contributed by atoms with E-state index in [-0.39, 0.29) is 11.9 Å². The van der Waals surface area contributed by atoms with E-state index in [1.165, 1.54) is 5.56 Å². The van der Waals surface area contributed by atoms with Gasteiger partial charge in [-0.25, -0.2) is 0 Å². The van der Waals surface area contributed by atoms with Gasteiger partial charge in [-0.3, -0.25) is 4.79 Å². The van der Waals surface area contributed by atoms with Gasteiger partial charge in [0.1, 0.15) is 0 Å². The number of likely N-dealkylation sites (N-methyl/N-ethyl adjacent to an activating group) is 1. The average Bonchev–Trinajstić information content (AvgIpc) is 2.30. The Hall–Kier alpha value is -1.61. The van der Waals surface area contributed by atoms with Gasteiger partial charge in [-0.15, -0.1) is 6.58 Å². The molecule has 0 aliphatic carbocycles. The Morgan fingerprint density at radius 2 is 2.12 bits per heavy atom. The second-order valence-corrected chi connectivity index (χ2v) is 3.63. The second-order valence-electron chi connectivity index (χ2n) is 3.63. The molecular weight excluding hydrogens is 200 g/mol. The number of benzene rings is 1. The molecule has 3 heteroatoms. The van der Waals surface area contributed by atoms with Gasteiger partial charge in [0.05, 0.1) is 12.6 Å². The van der Waals surface area contributed by atoms with Crippen molar-refractivity contribution in [2.45, 2.75) is 12.5 Å². The summed E-state index contributed by atoms with van der Waals surface area (Å²) in [5.41, 5.74) is 1.19. The van der Waals surface area contributed by atoms with Gasteiger partial charge in [0.15, 0.2) is 0 Å². The molecule has 1 aromatic carbocycles. The summed E-state index contributed by atoms with van der Waals surface area (Å²) >= 11 is 0. The first-order chi connectivity index (χ1) is 7.76. The Morgan fingerprint density at radius 1 is 1.44 bits per heavy atom. The van der Waals surface area contributed by atoms with E-state index in [0.29, 0.717) is 6.54 Å². The van der Waals surface area contributed by atoms with E-state index in [0.717, 1.165) is 6.42 Å². The van der Waals surface area contributed by atoms with Gasteiger partial charge >= 0.3 is 0 Å². The first-order valence-electron chi connectivity index (χ1n) is 5.36. The number of hydrogen-bond acceptors (Lipinski definition) is 2. The van der Waals surface area contributed by atoms with E-state index in [2.05, 4.69) is 17.2 Å². The number of carbonyl (C=O) groups excluding carboxylic acids is 1. The smallest absolute Gasteiger partial charge is 0.234 e. The van der Waals surface area contributed by atoms with E-state index >= 15 is 0 Å². The summed E-state index contributed by atoms with van der Waals surface area (Å²) in [6.45, 7) is 4.07. The largest absolute Gasteiger partial charge is 0.348 e. The third kappa shape index (κ3) is 4.28. The van der Waals surface area contributed by atoms with Crippen LogP contribution in [0.5, 0.6) is 0 Å². The minimum absolute atomic E-state index is 0.0108. The van der Waals surface area contributed by atoms with Gasteiger partial charge in [0.25, 0.3) is 0 Å². The zero-order valence-corrected chi connectivity index (χ0v) is 9.57. The fourth-order valence-corrected chi connectivity index (χ4v) is 1.48. The standard InChI is InChI=1S/C13H18N2O/c1-3-12(15-13(16)10-14-2)9-11-7-5-4-6-8-11/h3-8,12,14H,1,9-10H2,2H3,(H,15,16). The summed E-state index contributed by atoms with van der Waals surface area (Å²) in [5, 5.41) is 5.71. The molecule has 16 heavy (non-hydrogen) atoms. The molecule has 0 saturated carbocycles. The lowest BCUT2D eigenvalue weighted by atomic mass is 10.1. The molecule has 1 unspecified atom stereocenters. The van der Waals surface area contributed by atoms with Crippen LogP contribution in [0, 0.1) is 0 Å². The van der Waals surface area contributed by atoms with Crippen LogP contribution in [0.4, 0.5) is 0 Å². The number of rotatable bonds is 6.